The molecular weight excluding hydrogens is 388 g/mol. The molecule has 0 amide bonds. The molecule has 0 radical (unpaired) electrons. The fourth-order valence-electron chi connectivity index (χ4n) is 9.41. The standard InChI is InChI=1S/C30H48N2/c1-21(2)7-6-8-22(3)26-11-12-27-25-10-9-23-19-24(32-18-17-31-20-32)13-15-29(23,4)28(25)14-16-30(26,27)5/h9,17-18,20-22,24-28H,6-8,10-16,19H2,1-5H3/t22-,24-,25+,26-,27+,28+,29+,30-/m1/s1. The van der Waals surface area contributed by atoms with Gasteiger partial charge in [0.2, 0.25) is 0 Å². The first-order chi connectivity index (χ1) is 15.3. The highest BCUT2D eigenvalue weighted by Crippen LogP contribution is 2.67. The number of fused-ring (bicyclic) bond motifs is 5. The van der Waals surface area contributed by atoms with Crippen molar-refractivity contribution in [3.05, 3.63) is 30.4 Å². The zero-order valence-corrected chi connectivity index (χ0v) is 21.5. The largest absolute Gasteiger partial charge is 0.334 e. The number of hydrogen-bond donors (Lipinski definition) is 0. The van der Waals surface area contributed by atoms with E-state index in [9.17, 15) is 0 Å². The molecule has 2 nitrogen and oxygen atoms in total. The van der Waals surface area contributed by atoms with Crippen LogP contribution in [-0.4, -0.2) is 9.55 Å². The topological polar surface area (TPSA) is 17.8 Å². The normalized spacial score (nSPS) is 42.2. The molecule has 0 unspecified atom stereocenters. The van der Waals surface area contributed by atoms with Crippen molar-refractivity contribution in [2.45, 2.75) is 111 Å². The van der Waals surface area contributed by atoms with Crippen LogP contribution < -0.4 is 0 Å². The summed E-state index contributed by atoms with van der Waals surface area (Å²) in [5, 5.41) is 0. The zero-order chi connectivity index (χ0) is 22.5. The van der Waals surface area contributed by atoms with Crippen molar-refractivity contribution in [1.29, 1.82) is 0 Å². The first-order valence-corrected chi connectivity index (χ1v) is 14.0. The van der Waals surface area contributed by atoms with E-state index in [1.54, 1.807) is 5.57 Å². The minimum absolute atomic E-state index is 0.461. The second kappa shape index (κ2) is 8.62. The quantitative estimate of drug-likeness (QED) is 0.409. The van der Waals surface area contributed by atoms with Crippen LogP contribution in [0.2, 0.25) is 0 Å². The average molecular weight is 437 g/mol. The third-order valence-corrected chi connectivity index (χ3v) is 11.2. The highest BCUT2D eigenvalue weighted by atomic mass is 15.1. The maximum atomic E-state index is 4.32. The summed E-state index contributed by atoms with van der Waals surface area (Å²) >= 11 is 0. The summed E-state index contributed by atoms with van der Waals surface area (Å²) in [6.45, 7) is 12.7. The minimum atomic E-state index is 0.461. The number of aromatic nitrogens is 2. The van der Waals surface area contributed by atoms with Crippen molar-refractivity contribution in [3.8, 4) is 0 Å². The fraction of sp³-hybridized carbons (Fsp3) is 0.833. The number of imidazole rings is 1. The molecule has 0 aromatic carbocycles. The Morgan fingerprint density at radius 3 is 2.62 bits per heavy atom. The van der Waals surface area contributed by atoms with Gasteiger partial charge in [-0.1, -0.05) is 65.5 Å². The van der Waals surface area contributed by atoms with Crippen molar-refractivity contribution in [1.82, 2.24) is 9.55 Å². The van der Waals surface area contributed by atoms with Crippen molar-refractivity contribution >= 4 is 0 Å². The van der Waals surface area contributed by atoms with E-state index in [1.807, 2.05) is 12.5 Å². The third-order valence-electron chi connectivity index (χ3n) is 11.2. The predicted octanol–water partition coefficient (Wildman–Crippen LogP) is 8.47. The number of allylic oxidation sites excluding steroid dienone is 2. The van der Waals surface area contributed by atoms with Crippen LogP contribution in [0, 0.1) is 46.3 Å². The highest BCUT2D eigenvalue weighted by Gasteiger charge is 2.59. The smallest absolute Gasteiger partial charge is 0.0948 e. The van der Waals surface area contributed by atoms with E-state index < -0.39 is 0 Å². The van der Waals surface area contributed by atoms with Gasteiger partial charge in [0.05, 0.1) is 6.33 Å². The summed E-state index contributed by atoms with van der Waals surface area (Å²) in [5.41, 5.74) is 2.86. The average Bonchev–Trinajstić information content (AvgIpc) is 3.40. The fourth-order valence-corrected chi connectivity index (χ4v) is 9.41. The number of nitrogens with zero attached hydrogens (tertiary/aromatic N) is 2. The Morgan fingerprint density at radius 2 is 1.88 bits per heavy atom. The van der Waals surface area contributed by atoms with E-state index in [-0.39, 0.29) is 0 Å². The molecule has 0 spiro atoms. The molecule has 1 heterocycles. The second-order valence-electron chi connectivity index (χ2n) is 13.2. The summed E-state index contributed by atoms with van der Waals surface area (Å²) in [4.78, 5) is 4.32. The van der Waals surface area contributed by atoms with E-state index in [4.69, 9.17) is 0 Å². The Bertz CT molecular complexity index is 807. The van der Waals surface area contributed by atoms with E-state index in [0.717, 1.165) is 35.5 Å². The Morgan fingerprint density at radius 1 is 1.03 bits per heavy atom. The molecule has 0 aliphatic heterocycles. The first-order valence-electron chi connectivity index (χ1n) is 14.0. The molecule has 5 rings (SSSR count). The molecule has 4 aliphatic rings. The van der Waals surface area contributed by atoms with E-state index in [2.05, 4.69) is 56.4 Å². The molecule has 2 heteroatoms. The van der Waals surface area contributed by atoms with Crippen LogP contribution in [-0.2, 0) is 0 Å². The number of hydrogen-bond acceptors (Lipinski definition) is 1. The van der Waals surface area contributed by atoms with Crippen LogP contribution in [0.5, 0.6) is 0 Å². The SMILES string of the molecule is CC(C)CCC[C@@H](C)[C@H]1CC[C@H]2[C@@H]3CC=C4C[C@H](n5ccnc5)CC[C@]4(C)[C@H]3CC[C@]12C. The van der Waals surface area contributed by atoms with Gasteiger partial charge in [-0.15, -0.1) is 0 Å². The second-order valence-corrected chi connectivity index (χ2v) is 13.2. The Kier molecular flexibility index (Phi) is 6.13. The van der Waals surface area contributed by atoms with Crippen molar-refractivity contribution in [2.24, 2.45) is 46.3 Å². The molecule has 3 saturated carbocycles. The van der Waals surface area contributed by atoms with Gasteiger partial charge in [-0.25, -0.2) is 4.98 Å². The summed E-state index contributed by atoms with van der Waals surface area (Å²) < 4.78 is 2.37. The van der Waals surface area contributed by atoms with E-state index in [0.29, 0.717) is 16.9 Å². The summed E-state index contributed by atoms with van der Waals surface area (Å²) in [6, 6.07) is 0.629. The van der Waals surface area contributed by atoms with Gasteiger partial charge in [0, 0.05) is 18.4 Å². The molecule has 0 N–H and O–H groups in total. The lowest BCUT2D eigenvalue weighted by molar-refractivity contribution is -0.0523. The van der Waals surface area contributed by atoms with Crippen LogP contribution in [0.1, 0.15) is 111 Å². The van der Waals surface area contributed by atoms with Crippen molar-refractivity contribution in [2.75, 3.05) is 0 Å². The Hall–Kier alpha value is -1.05. The maximum absolute atomic E-state index is 4.32. The third kappa shape index (κ3) is 3.72. The first kappa shape index (κ1) is 22.7. The molecule has 3 fully saturated rings. The van der Waals surface area contributed by atoms with E-state index in [1.165, 1.54) is 70.6 Å². The lowest BCUT2D eigenvalue weighted by atomic mass is 9.47. The molecule has 0 bridgehead atoms. The summed E-state index contributed by atoms with van der Waals surface area (Å²) in [7, 11) is 0. The molecule has 4 aliphatic carbocycles. The van der Waals surface area contributed by atoms with Gasteiger partial charge in [0.25, 0.3) is 0 Å². The van der Waals surface area contributed by atoms with Crippen molar-refractivity contribution in [3.63, 3.8) is 0 Å². The molecule has 1 aromatic heterocycles. The van der Waals surface area contributed by atoms with Gasteiger partial charge in [-0.2, -0.15) is 0 Å². The zero-order valence-electron chi connectivity index (χ0n) is 21.5. The molecule has 32 heavy (non-hydrogen) atoms. The van der Waals surface area contributed by atoms with Gasteiger partial charge < -0.3 is 4.57 Å². The van der Waals surface area contributed by atoms with Crippen LogP contribution >= 0.6 is 0 Å². The Balaban J connectivity index is 1.31. The molecule has 0 saturated heterocycles. The molecule has 1 aromatic rings. The summed E-state index contributed by atoms with van der Waals surface area (Å²) in [6.07, 6.45) is 24.5. The lowest BCUT2D eigenvalue weighted by Gasteiger charge is -2.58. The highest BCUT2D eigenvalue weighted by molar-refractivity contribution is 5.25. The minimum Gasteiger partial charge on any atom is -0.334 e. The summed E-state index contributed by atoms with van der Waals surface area (Å²) in [5.74, 6) is 5.59. The van der Waals surface area contributed by atoms with Crippen molar-refractivity contribution < 1.29 is 0 Å². The van der Waals surface area contributed by atoms with Gasteiger partial charge in [-0.05, 0) is 97.7 Å². The molecule has 178 valence electrons. The Labute approximate surface area is 197 Å². The molecule has 8 atom stereocenters. The van der Waals surface area contributed by atoms with E-state index >= 15 is 0 Å². The lowest BCUT2D eigenvalue weighted by Crippen LogP contribution is -2.50. The molecular formula is C30H48N2. The van der Waals surface area contributed by atoms with Gasteiger partial charge in [-0.3, -0.25) is 0 Å². The predicted molar refractivity (Wildman–Crippen MR) is 134 cm³/mol. The monoisotopic (exact) mass is 436 g/mol. The van der Waals surface area contributed by atoms with Crippen LogP contribution in [0.15, 0.2) is 30.4 Å². The maximum Gasteiger partial charge on any atom is 0.0948 e. The van der Waals surface area contributed by atoms with Crippen LogP contribution in [0.3, 0.4) is 0 Å². The van der Waals surface area contributed by atoms with Gasteiger partial charge in [0.15, 0.2) is 0 Å². The van der Waals surface area contributed by atoms with Crippen LogP contribution in [0.25, 0.3) is 0 Å². The van der Waals surface area contributed by atoms with Crippen LogP contribution in [0.4, 0.5) is 0 Å². The number of rotatable bonds is 6. The van der Waals surface area contributed by atoms with Gasteiger partial charge >= 0.3 is 0 Å². The van der Waals surface area contributed by atoms with Gasteiger partial charge in [0.1, 0.15) is 0 Å².